The van der Waals surface area contributed by atoms with Crippen LogP contribution in [0, 0.1) is 0 Å². The molecule has 7 nitrogen and oxygen atoms in total. The Bertz CT molecular complexity index is 817. The lowest BCUT2D eigenvalue weighted by Gasteiger charge is -2.09. The number of anilines is 1. The zero-order valence-corrected chi connectivity index (χ0v) is 13.7. The second-order valence-electron chi connectivity index (χ2n) is 5.22. The maximum Gasteiger partial charge on any atom is 0.254 e. The highest BCUT2D eigenvalue weighted by Gasteiger charge is 2.09. The van der Waals surface area contributed by atoms with E-state index >= 15 is 0 Å². The number of rotatable bonds is 7. The molecule has 0 aliphatic carbocycles. The van der Waals surface area contributed by atoms with Crippen molar-refractivity contribution in [3.8, 4) is 5.75 Å². The normalized spacial score (nSPS) is 10.3. The van der Waals surface area contributed by atoms with Gasteiger partial charge in [-0.2, -0.15) is 0 Å². The Hall–Kier alpha value is -3.35. The molecule has 0 radical (unpaired) electrons. The third kappa shape index (κ3) is 4.35. The molecule has 2 heterocycles. The molecule has 0 bridgehead atoms. The summed E-state index contributed by atoms with van der Waals surface area (Å²) in [6.07, 6.45) is 4.57. The van der Waals surface area contributed by atoms with Crippen LogP contribution in [0.5, 0.6) is 5.75 Å². The summed E-state index contributed by atoms with van der Waals surface area (Å²) >= 11 is 0. The van der Waals surface area contributed by atoms with Gasteiger partial charge in [-0.15, -0.1) is 0 Å². The molecule has 0 aliphatic heterocycles. The lowest BCUT2D eigenvalue weighted by Crippen LogP contribution is -2.23. The van der Waals surface area contributed by atoms with Crippen LogP contribution in [0.4, 0.5) is 5.95 Å². The van der Waals surface area contributed by atoms with Crippen LogP contribution in [-0.2, 0) is 13.1 Å². The molecule has 1 aromatic carbocycles. The first kappa shape index (κ1) is 16.5. The van der Waals surface area contributed by atoms with E-state index in [1.807, 2.05) is 36.4 Å². The van der Waals surface area contributed by atoms with Crippen molar-refractivity contribution in [3.05, 3.63) is 71.9 Å². The van der Waals surface area contributed by atoms with E-state index in [0.717, 1.165) is 17.1 Å². The number of hydrogen-bond acceptors (Lipinski definition) is 6. The first-order valence-electron chi connectivity index (χ1n) is 7.74. The molecule has 0 saturated heterocycles. The fourth-order valence-electron chi connectivity index (χ4n) is 2.24. The van der Waals surface area contributed by atoms with Gasteiger partial charge in [-0.3, -0.25) is 4.79 Å². The number of nitrogens with zero attached hydrogens (tertiary/aromatic N) is 2. The topological polar surface area (TPSA) is 89.3 Å². The number of benzene rings is 1. The summed E-state index contributed by atoms with van der Waals surface area (Å²) in [5, 5.41) is 5.85. The van der Waals surface area contributed by atoms with E-state index in [1.54, 1.807) is 13.4 Å². The number of hydrogen-bond donors (Lipinski definition) is 2. The Morgan fingerprint density at radius 1 is 1.12 bits per heavy atom. The van der Waals surface area contributed by atoms with Crippen LogP contribution in [-0.4, -0.2) is 23.0 Å². The molecule has 0 atom stereocenters. The van der Waals surface area contributed by atoms with Gasteiger partial charge in [0.1, 0.15) is 11.5 Å². The number of carbonyl (C=O) groups excluding carboxylic acids is 1. The van der Waals surface area contributed by atoms with Crippen molar-refractivity contribution in [2.75, 3.05) is 12.4 Å². The highest BCUT2D eigenvalue weighted by Crippen LogP contribution is 2.16. The summed E-state index contributed by atoms with van der Waals surface area (Å²) in [6, 6.07) is 11.2. The van der Waals surface area contributed by atoms with E-state index in [1.165, 1.54) is 12.4 Å². The predicted molar refractivity (Wildman–Crippen MR) is 92.2 cm³/mol. The molecule has 128 valence electrons. The maximum absolute atomic E-state index is 12.2. The van der Waals surface area contributed by atoms with Gasteiger partial charge in [-0.25, -0.2) is 9.97 Å². The third-order valence-corrected chi connectivity index (χ3v) is 3.55. The average molecular weight is 338 g/mol. The number of ether oxygens (including phenoxy) is 1. The van der Waals surface area contributed by atoms with E-state index in [0.29, 0.717) is 24.6 Å². The van der Waals surface area contributed by atoms with E-state index in [9.17, 15) is 4.79 Å². The van der Waals surface area contributed by atoms with Crippen molar-refractivity contribution in [2.45, 2.75) is 13.1 Å². The minimum absolute atomic E-state index is 0.247. The van der Waals surface area contributed by atoms with Crippen molar-refractivity contribution >= 4 is 11.9 Å². The van der Waals surface area contributed by atoms with Crippen LogP contribution in [0.3, 0.4) is 0 Å². The Balaban J connectivity index is 1.55. The molecule has 3 rings (SSSR count). The van der Waals surface area contributed by atoms with Crippen molar-refractivity contribution < 1.29 is 13.9 Å². The summed E-state index contributed by atoms with van der Waals surface area (Å²) < 4.78 is 10.5. The van der Waals surface area contributed by atoms with Crippen LogP contribution in [0.15, 0.2) is 59.5 Å². The summed E-state index contributed by atoms with van der Waals surface area (Å²) in [5.74, 6) is 1.69. The van der Waals surface area contributed by atoms with Gasteiger partial charge in [-0.1, -0.05) is 18.2 Å². The van der Waals surface area contributed by atoms with Gasteiger partial charge in [0, 0.05) is 24.5 Å². The minimum atomic E-state index is -0.247. The van der Waals surface area contributed by atoms with Crippen molar-refractivity contribution in [3.63, 3.8) is 0 Å². The molecule has 2 aromatic heterocycles. The lowest BCUT2D eigenvalue weighted by molar-refractivity contribution is 0.0950. The number of para-hydroxylation sites is 1. The fourth-order valence-corrected chi connectivity index (χ4v) is 2.24. The molecule has 0 saturated carbocycles. The van der Waals surface area contributed by atoms with E-state index < -0.39 is 0 Å². The van der Waals surface area contributed by atoms with Crippen LogP contribution in [0.25, 0.3) is 0 Å². The zero-order chi connectivity index (χ0) is 17.5. The molecular weight excluding hydrogens is 320 g/mol. The summed E-state index contributed by atoms with van der Waals surface area (Å²) in [7, 11) is 1.60. The minimum Gasteiger partial charge on any atom is -0.496 e. The third-order valence-electron chi connectivity index (χ3n) is 3.55. The molecule has 7 heteroatoms. The molecular formula is C18H18N4O3. The van der Waals surface area contributed by atoms with Gasteiger partial charge in [0.15, 0.2) is 0 Å². The fraction of sp³-hybridized carbons (Fsp3) is 0.167. The SMILES string of the molecule is COc1ccccc1CNC(=O)c1cnc(NCc2ccco2)nc1. The maximum atomic E-state index is 12.2. The Kier molecular flexibility index (Phi) is 5.26. The molecule has 0 spiro atoms. The van der Waals surface area contributed by atoms with Crippen LogP contribution < -0.4 is 15.4 Å². The number of methoxy groups -OCH3 is 1. The van der Waals surface area contributed by atoms with Gasteiger partial charge in [0.2, 0.25) is 5.95 Å². The first-order chi connectivity index (χ1) is 12.3. The molecule has 25 heavy (non-hydrogen) atoms. The second kappa shape index (κ2) is 7.96. The highest BCUT2D eigenvalue weighted by atomic mass is 16.5. The van der Waals surface area contributed by atoms with E-state index in [4.69, 9.17) is 9.15 Å². The van der Waals surface area contributed by atoms with Crippen molar-refractivity contribution in [2.24, 2.45) is 0 Å². The van der Waals surface area contributed by atoms with Crippen LogP contribution >= 0.6 is 0 Å². The molecule has 2 N–H and O–H groups in total. The Morgan fingerprint density at radius 2 is 1.92 bits per heavy atom. The van der Waals surface area contributed by atoms with Gasteiger partial charge < -0.3 is 19.8 Å². The first-order valence-corrected chi connectivity index (χ1v) is 7.74. The van der Waals surface area contributed by atoms with Crippen LogP contribution in [0.2, 0.25) is 0 Å². The number of carbonyl (C=O) groups is 1. The number of nitrogens with one attached hydrogen (secondary N) is 2. The van der Waals surface area contributed by atoms with Crippen molar-refractivity contribution in [1.29, 1.82) is 0 Å². The summed E-state index contributed by atoms with van der Waals surface area (Å²) in [5.41, 5.74) is 1.29. The molecule has 0 fully saturated rings. The quantitative estimate of drug-likeness (QED) is 0.688. The smallest absolute Gasteiger partial charge is 0.254 e. The Labute approximate surface area is 145 Å². The standard InChI is InChI=1S/C18H18N4O3/c1-24-16-7-3-2-5-13(16)9-19-17(23)14-10-20-18(21-11-14)22-12-15-6-4-8-25-15/h2-8,10-11H,9,12H2,1H3,(H,19,23)(H,20,21,22). The molecule has 1 amide bonds. The second-order valence-corrected chi connectivity index (χ2v) is 5.22. The van der Waals surface area contributed by atoms with Gasteiger partial charge in [-0.05, 0) is 18.2 Å². The van der Waals surface area contributed by atoms with Gasteiger partial charge in [0.05, 0.1) is 25.5 Å². The number of furan rings is 1. The van der Waals surface area contributed by atoms with E-state index in [2.05, 4.69) is 20.6 Å². The summed E-state index contributed by atoms with van der Waals surface area (Å²) in [4.78, 5) is 20.5. The molecule has 0 aliphatic rings. The predicted octanol–water partition coefficient (Wildman–Crippen LogP) is 2.62. The molecule has 3 aromatic rings. The monoisotopic (exact) mass is 338 g/mol. The van der Waals surface area contributed by atoms with Crippen LogP contribution in [0.1, 0.15) is 21.7 Å². The largest absolute Gasteiger partial charge is 0.496 e. The zero-order valence-electron chi connectivity index (χ0n) is 13.7. The Morgan fingerprint density at radius 3 is 2.64 bits per heavy atom. The van der Waals surface area contributed by atoms with E-state index in [-0.39, 0.29) is 5.91 Å². The average Bonchev–Trinajstić information content (AvgIpc) is 3.18. The number of amides is 1. The van der Waals surface area contributed by atoms with Gasteiger partial charge >= 0.3 is 0 Å². The van der Waals surface area contributed by atoms with Gasteiger partial charge in [0.25, 0.3) is 5.91 Å². The number of aromatic nitrogens is 2. The highest BCUT2D eigenvalue weighted by molar-refractivity contribution is 5.93. The van der Waals surface area contributed by atoms with Crippen molar-refractivity contribution in [1.82, 2.24) is 15.3 Å². The summed E-state index contributed by atoms with van der Waals surface area (Å²) in [6.45, 7) is 0.841. The lowest BCUT2D eigenvalue weighted by atomic mass is 10.2. The molecule has 0 unspecified atom stereocenters.